The molecule has 1 aromatic heterocycles. The van der Waals surface area contributed by atoms with Gasteiger partial charge in [0, 0.05) is 17.8 Å². The number of nitrogens with one attached hydrogen (secondary N) is 2. The first-order valence-electron chi connectivity index (χ1n) is 6.92. The summed E-state index contributed by atoms with van der Waals surface area (Å²) in [6, 6.07) is 8.19. The average molecular weight is 290 g/mol. The van der Waals surface area contributed by atoms with Crippen molar-refractivity contribution in [3.05, 3.63) is 34.7 Å². The van der Waals surface area contributed by atoms with Crippen molar-refractivity contribution >= 4 is 27.3 Å². The van der Waals surface area contributed by atoms with Gasteiger partial charge >= 0.3 is 0 Å². The molecule has 1 fully saturated rings. The van der Waals surface area contributed by atoms with Gasteiger partial charge in [0.1, 0.15) is 0 Å². The summed E-state index contributed by atoms with van der Waals surface area (Å²) in [7, 11) is 0. The molecule has 1 aromatic carbocycles. The van der Waals surface area contributed by atoms with Crippen LogP contribution in [0.4, 0.5) is 0 Å². The molecule has 0 saturated carbocycles. The highest BCUT2D eigenvalue weighted by atomic mass is 32.1. The summed E-state index contributed by atoms with van der Waals surface area (Å²) in [6.07, 6.45) is 1.07. The molecular weight excluding hydrogens is 272 g/mol. The van der Waals surface area contributed by atoms with E-state index in [9.17, 15) is 4.79 Å². The van der Waals surface area contributed by atoms with Crippen LogP contribution in [0.15, 0.2) is 24.3 Å². The fourth-order valence-corrected chi connectivity index (χ4v) is 4.00. The lowest BCUT2D eigenvalue weighted by Gasteiger charge is -2.11. The highest BCUT2D eigenvalue weighted by Crippen LogP contribution is 2.38. The van der Waals surface area contributed by atoms with Crippen molar-refractivity contribution < 1.29 is 9.90 Å². The van der Waals surface area contributed by atoms with Gasteiger partial charge in [-0.25, -0.2) is 0 Å². The molecule has 0 spiro atoms. The highest BCUT2D eigenvalue weighted by molar-refractivity contribution is 7.21. The van der Waals surface area contributed by atoms with E-state index >= 15 is 0 Å². The Labute approximate surface area is 121 Å². The van der Waals surface area contributed by atoms with Crippen LogP contribution in [-0.2, 0) is 0 Å². The first-order valence-corrected chi connectivity index (χ1v) is 7.74. The third kappa shape index (κ3) is 2.44. The number of carbonyl (C=O) groups excluding carboxylic acids is 1. The summed E-state index contributed by atoms with van der Waals surface area (Å²) in [6.45, 7) is 2.21. The second-order valence-corrected chi connectivity index (χ2v) is 6.06. The Balaban J connectivity index is 2.05. The number of carbonyl (C=O) groups is 1. The van der Waals surface area contributed by atoms with Crippen molar-refractivity contribution in [2.24, 2.45) is 0 Å². The molecule has 2 heterocycles. The van der Waals surface area contributed by atoms with Crippen molar-refractivity contribution in [1.29, 1.82) is 0 Å². The molecule has 0 aliphatic carbocycles. The minimum Gasteiger partial charge on any atom is -0.395 e. The van der Waals surface area contributed by atoms with E-state index < -0.39 is 0 Å². The number of hydrogen-bond acceptors (Lipinski definition) is 4. The molecule has 1 saturated heterocycles. The Morgan fingerprint density at radius 2 is 2.30 bits per heavy atom. The second-order valence-electron chi connectivity index (χ2n) is 5.01. The van der Waals surface area contributed by atoms with E-state index in [-0.39, 0.29) is 12.5 Å². The van der Waals surface area contributed by atoms with Crippen molar-refractivity contribution in [3.63, 3.8) is 0 Å². The van der Waals surface area contributed by atoms with E-state index in [0.29, 0.717) is 12.5 Å². The lowest BCUT2D eigenvalue weighted by Crippen LogP contribution is -2.26. The van der Waals surface area contributed by atoms with Crippen LogP contribution >= 0.6 is 11.3 Å². The van der Waals surface area contributed by atoms with E-state index in [1.54, 1.807) is 11.3 Å². The van der Waals surface area contributed by atoms with E-state index in [1.165, 1.54) is 10.9 Å². The zero-order valence-electron chi connectivity index (χ0n) is 11.2. The summed E-state index contributed by atoms with van der Waals surface area (Å²) in [5, 5.41) is 16.2. The fourth-order valence-electron chi connectivity index (χ4n) is 2.79. The largest absolute Gasteiger partial charge is 0.395 e. The Kier molecular flexibility index (Phi) is 4.00. The molecule has 4 nitrogen and oxygen atoms in total. The van der Waals surface area contributed by atoms with E-state index in [2.05, 4.69) is 22.8 Å². The van der Waals surface area contributed by atoms with Gasteiger partial charge in [-0.2, -0.15) is 0 Å². The molecule has 0 bridgehead atoms. The summed E-state index contributed by atoms with van der Waals surface area (Å²) in [5.41, 5.74) is 1.17. The number of amides is 1. The van der Waals surface area contributed by atoms with Gasteiger partial charge in [-0.05, 0) is 35.9 Å². The number of hydrogen-bond donors (Lipinski definition) is 3. The van der Waals surface area contributed by atoms with Crippen molar-refractivity contribution in [1.82, 2.24) is 10.6 Å². The molecule has 106 valence electrons. The SMILES string of the molecule is O=C(NCCO)c1sc2ccccc2c1[C@H]1CCNC1. The molecule has 0 radical (unpaired) electrons. The predicted octanol–water partition coefficient (Wildman–Crippen LogP) is 1.70. The first-order chi connectivity index (χ1) is 9.81. The Bertz CT molecular complexity index is 617. The van der Waals surface area contributed by atoms with Gasteiger partial charge in [0.25, 0.3) is 5.91 Å². The topological polar surface area (TPSA) is 61.4 Å². The van der Waals surface area contributed by atoms with Gasteiger partial charge in [-0.15, -0.1) is 11.3 Å². The van der Waals surface area contributed by atoms with Crippen molar-refractivity contribution in [2.45, 2.75) is 12.3 Å². The minimum absolute atomic E-state index is 0.0308. The maximum absolute atomic E-state index is 12.3. The second kappa shape index (κ2) is 5.91. The van der Waals surface area contributed by atoms with Crippen LogP contribution in [0.3, 0.4) is 0 Å². The van der Waals surface area contributed by atoms with E-state index in [4.69, 9.17) is 5.11 Å². The van der Waals surface area contributed by atoms with Crippen LogP contribution < -0.4 is 10.6 Å². The maximum Gasteiger partial charge on any atom is 0.261 e. The molecular formula is C15H18N2O2S. The zero-order chi connectivity index (χ0) is 13.9. The molecule has 1 atom stereocenters. The maximum atomic E-state index is 12.3. The molecule has 20 heavy (non-hydrogen) atoms. The van der Waals surface area contributed by atoms with Crippen LogP contribution in [0.1, 0.15) is 27.6 Å². The number of aliphatic hydroxyl groups is 1. The predicted molar refractivity (Wildman–Crippen MR) is 81.5 cm³/mol. The zero-order valence-corrected chi connectivity index (χ0v) is 12.0. The average Bonchev–Trinajstić information content (AvgIpc) is 3.10. The Morgan fingerprint density at radius 1 is 1.45 bits per heavy atom. The number of benzene rings is 1. The summed E-state index contributed by atoms with van der Waals surface area (Å²) < 4.78 is 1.16. The monoisotopic (exact) mass is 290 g/mol. The quantitative estimate of drug-likeness (QED) is 0.803. The summed E-state index contributed by atoms with van der Waals surface area (Å²) >= 11 is 1.55. The van der Waals surface area contributed by atoms with E-state index in [1.807, 2.05) is 12.1 Å². The summed E-state index contributed by atoms with van der Waals surface area (Å²) in [4.78, 5) is 13.1. The van der Waals surface area contributed by atoms with Crippen LogP contribution in [-0.4, -0.2) is 37.3 Å². The van der Waals surface area contributed by atoms with E-state index in [0.717, 1.165) is 29.1 Å². The van der Waals surface area contributed by atoms with Crippen LogP contribution in [0.5, 0.6) is 0 Å². The molecule has 1 amide bonds. The molecule has 2 aromatic rings. The van der Waals surface area contributed by atoms with Gasteiger partial charge in [0.15, 0.2) is 0 Å². The smallest absolute Gasteiger partial charge is 0.261 e. The van der Waals surface area contributed by atoms with Crippen molar-refractivity contribution in [3.8, 4) is 0 Å². The minimum atomic E-state index is -0.0675. The molecule has 3 N–H and O–H groups in total. The third-order valence-corrected chi connectivity index (χ3v) is 4.89. The number of thiophene rings is 1. The van der Waals surface area contributed by atoms with Crippen molar-refractivity contribution in [2.75, 3.05) is 26.2 Å². The number of fused-ring (bicyclic) bond motifs is 1. The van der Waals surface area contributed by atoms with Gasteiger partial charge in [-0.1, -0.05) is 18.2 Å². The van der Waals surface area contributed by atoms with Crippen LogP contribution in [0.25, 0.3) is 10.1 Å². The molecule has 1 aliphatic rings. The standard InChI is InChI=1S/C15H18N2O2S/c18-8-7-17-15(19)14-13(10-5-6-16-9-10)11-3-1-2-4-12(11)20-14/h1-4,10,16,18H,5-9H2,(H,17,19)/t10-/m0/s1. The summed E-state index contributed by atoms with van der Waals surface area (Å²) in [5.74, 6) is 0.336. The molecule has 0 unspecified atom stereocenters. The number of rotatable bonds is 4. The van der Waals surface area contributed by atoms with Gasteiger partial charge in [-0.3, -0.25) is 4.79 Å². The highest BCUT2D eigenvalue weighted by Gasteiger charge is 2.26. The number of aliphatic hydroxyl groups excluding tert-OH is 1. The molecule has 3 rings (SSSR count). The van der Waals surface area contributed by atoms with Gasteiger partial charge < -0.3 is 15.7 Å². The van der Waals surface area contributed by atoms with Crippen LogP contribution in [0, 0.1) is 0 Å². The first kappa shape index (κ1) is 13.5. The third-order valence-electron chi connectivity index (χ3n) is 3.71. The van der Waals surface area contributed by atoms with Gasteiger partial charge in [0.05, 0.1) is 11.5 Å². The molecule has 5 heteroatoms. The normalized spacial score (nSPS) is 18.6. The molecule has 1 aliphatic heterocycles. The Morgan fingerprint density at radius 3 is 3.05 bits per heavy atom. The fraction of sp³-hybridized carbons (Fsp3) is 0.400. The lowest BCUT2D eigenvalue weighted by atomic mass is 9.95. The Hall–Kier alpha value is -1.43. The lowest BCUT2D eigenvalue weighted by molar-refractivity contribution is 0.0947. The van der Waals surface area contributed by atoms with Crippen LogP contribution in [0.2, 0.25) is 0 Å². The van der Waals surface area contributed by atoms with Gasteiger partial charge in [0.2, 0.25) is 0 Å².